The fourth-order valence-corrected chi connectivity index (χ4v) is 2.15. The molecule has 0 radical (unpaired) electrons. The second-order valence-electron chi connectivity index (χ2n) is 4.76. The van der Waals surface area contributed by atoms with Gasteiger partial charge in [0.25, 0.3) is 0 Å². The first-order chi connectivity index (χ1) is 10.0. The summed E-state index contributed by atoms with van der Waals surface area (Å²) in [5, 5.41) is 3.08. The molecule has 0 heterocycles. The maximum atomic E-state index is 13.4. The van der Waals surface area contributed by atoms with E-state index in [9.17, 15) is 17.6 Å². The summed E-state index contributed by atoms with van der Waals surface area (Å²) < 4.78 is 53.2. The molecule has 0 fully saturated rings. The van der Waals surface area contributed by atoms with Crippen molar-refractivity contribution in [2.24, 2.45) is 0 Å². The Labute approximate surface area is 120 Å². The highest BCUT2D eigenvalue weighted by molar-refractivity contribution is 5.33. The number of hydrogen-bond acceptors (Lipinski definition) is 1. The molecule has 1 N–H and O–H groups in total. The van der Waals surface area contributed by atoms with Gasteiger partial charge in [-0.25, -0.2) is 17.6 Å². The van der Waals surface area contributed by atoms with Crippen molar-refractivity contribution in [1.29, 1.82) is 0 Å². The smallest absolute Gasteiger partial charge is 0.159 e. The van der Waals surface area contributed by atoms with Crippen LogP contribution < -0.4 is 5.32 Å². The molecule has 0 amide bonds. The second kappa shape index (κ2) is 6.72. The quantitative estimate of drug-likeness (QED) is 0.810. The molecule has 1 atom stereocenters. The molecule has 0 aliphatic rings. The lowest BCUT2D eigenvalue weighted by atomic mass is 9.98. The van der Waals surface area contributed by atoms with E-state index in [0.29, 0.717) is 17.7 Å². The first kappa shape index (κ1) is 15.5. The van der Waals surface area contributed by atoms with Gasteiger partial charge in [0.05, 0.1) is 6.04 Å². The Bertz CT molecular complexity index is 607. The molecular weight excluding hydrogens is 282 g/mol. The summed E-state index contributed by atoms with van der Waals surface area (Å²) in [5.74, 6) is -3.38. The summed E-state index contributed by atoms with van der Waals surface area (Å²) in [4.78, 5) is 0. The predicted molar refractivity (Wildman–Crippen MR) is 72.9 cm³/mol. The van der Waals surface area contributed by atoms with E-state index in [1.54, 1.807) is 0 Å². The van der Waals surface area contributed by atoms with E-state index < -0.39 is 29.3 Å². The summed E-state index contributed by atoms with van der Waals surface area (Å²) in [6.45, 7) is 2.50. The van der Waals surface area contributed by atoms with Crippen LogP contribution in [-0.2, 0) is 0 Å². The summed E-state index contributed by atoms with van der Waals surface area (Å²) in [6, 6.07) is 5.95. The lowest BCUT2D eigenvalue weighted by Crippen LogP contribution is -2.23. The molecular formula is C16H15F4N. The minimum Gasteiger partial charge on any atom is -0.306 e. The molecule has 2 aromatic carbocycles. The normalized spacial score (nSPS) is 12.4. The Morgan fingerprint density at radius 1 is 0.857 bits per heavy atom. The molecule has 1 unspecified atom stereocenters. The molecule has 0 aliphatic carbocycles. The highest BCUT2D eigenvalue weighted by Gasteiger charge is 2.17. The van der Waals surface area contributed by atoms with E-state index in [1.165, 1.54) is 18.2 Å². The van der Waals surface area contributed by atoms with Crippen molar-refractivity contribution in [3.8, 4) is 0 Å². The van der Waals surface area contributed by atoms with Gasteiger partial charge in [-0.2, -0.15) is 0 Å². The number of benzene rings is 2. The Morgan fingerprint density at radius 2 is 1.52 bits per heavy atom. The predicted octanol–water partition coefficient (Wildman–Crippen LogP) is 4.33. The zero-order chi connectivity index (χ0) is 15.4. The van der Waals surface area contributed by atoms with E-state index in [-0.39, 0.29) is 0 Å². The van der Waals surface area contributed by atoms with E-state index in [1.807, 2.05) is 6.92 Å². The Balaban J connectivity index is 2.43. The Morgan fingerprint density at radius 3 is 2.10 bits per heavy atom. The van der Waals surface area contributed by atoms with Crippen LogP contribution in [0.15, 0.2) is 36.4 Å². The van der Waals surface area contributed by atoms with Crippen LogP contribution in [0, 0.1) is 23.3 Å². The highest BCUT2D eigenvalue weighted by atomic mass is 19.2. The third-order valence-electron chi connectivity index (χ3n) is 3.09. The molecule has 2 aromatic rings. The van der Waals surface area contributed by atoms with Crippen LogP contribution in [0.2, 0.25) is 0 Å². The lowest BCUT2D eigenvalue weighted by molar-refractivity contribution is 0.502. The number of rotatable bonds is 5. The molecule has 0 saturated carbocycles. The van der Waals surface area contributed by atoms with Gasteiger partial charge in [-0.15, -0.1) is 0 Å². The molecule has 5 heteroatoms. The minimum absolute atomic E-state index is 0.326. The fraction of sp³-hybridized carbons (Fsp3) is 0.250. The molecule has 0 bridgehead atoms. The van der Waals surface area contributed by atoms with E-state index >= 15 is 0 Å². The summed E-state index contributed by atoms with van der Waals surface area (Å²) >= 11 is 0. The monoisotopic (exact) mass is 297 g/mol. The average molecular weight is 297 g/mol. The first-order valence-electron chi connectivity index (χ1n) is 6.65. The van der Waals surface area contributed by atoms with Crippen molar-refractivity contribution in [2.75, 3.05) is 6.54 Å². The van der Waals surface area contributed by atoms with Crippen LogP contribution in [0.4, 0.5) is 17.6 Å². The maximum Gasteiger partial charge on any atom is 0.159 e. The summed E-state index contributed by atoms with van der Waals surface area (Å²) in [6.07, 6.45) is 0.790. The fourth-order valence-electron chi connectivity index (χ4n) is 2.15. The van der Waals surface area contributed by atoms with Crippen LogP contribution >= 0.6 is 0 Å². The minimum atomic E-state index is -0.993. The van der Waals surface area contributed by atoms with Gasteiger partial charge in [0.15, 0.2) is 11.6 Å². The van der Waals surface area contributed by atoms with Gasteiger partial charge < -0.3 is 5.32 Å². The van der Waals surface area contributed by atoms with Gasteiger partial charge >= 0.3 is 0 Å². The van der Waals surface area contributed by atoms with Gasteiger partial charge in [0, 0.05) is 6.07 Å². The van der Waals surface area contributed by atoms with Crippen molar-refractivity contribution in [3.05, 3.63) is 70.8 Å². The Hall–Kier alpha value is -1.88. The third kappa shape index (κ3) is 3.82. The molecule has 0 spiro atoms. The van der Waals surface area contributed by atoms with Crippen LogP contribution in [0.1, 0.15) is 30.5 Å². The van der Waals surface area contributed by atoms with Gasteiger partial charge in [-0.1, -0.05) is 13.0 Å². The molecule has 21 heavy (non-hydrogen) atoms. The van der Waals surface area contributed by atoms with Crippen molar-refractivity contribution in [1.82, 2.24) is 5.32 Å². The van der Waals surface area contributed by atoms with E-state index in [0.717, 1.165) is 24.6 Å². The second-order valence-corrected chi connectivity index (χ2v) is 4.76. The third-order valence-corrected chi connectivity index (χ3v) is 3.09. The highest BCUT2D eigenvalue weighted by Crippen LogP contribution is 2.25. The average Bonchev–Trinajstić information content (AvgIpc) is 2.42. The molecule has 2 rings (SSSR count). The number of hydrogen-bond donors (Lipinski definition) is 1. The molecule has 1 nitrogen and oxygen atoms in total. The number of halogens is 4. The summed E-state index contributed by atoms with van der Waals surface area (Å²) in [5.41, 5.74) is 0.735. The van der Waals surface area contributed by atoms with Gasteiger partial charge in [0.2, 0.25) is 0 Å². The van der Waals surface area contributed by atoms with Gasteiger partial charge in [0.1, 0.15) is 11.6 Å². The van der Waals surface area contributed by atoms with Gasteiger partial charge in [-0.3, -0.25) is 0 Å². The van der Waals surface area contributed by atoms with Crippen molar-refractivity contribution in [2.45, 2.75) is 19.4 Å². The van der Waals surface area contributed by atoms with Crippen LogP contribution in [-0.4, -0.2) is 6.54 Å². The van der Waals surface area contributed by atoms with Crippen molar-refractivity contribution >= 4 is 0 Å². The van der Waals surface area contributed by atoms with E-state index in [2.05, 4.69) is 5.32 Å². The van der Waals surface area contributed by atoms with Crippen LogP contribution in [0.5, 0.6) is 0 Å². The van der Waals surface area contributed by atoms with Crippen LogP contribution in [0.3, 0.4) is 0 Å². The SMILES string of the molecule is CCCNC(c1cc(F)cc(F)c1)c1ccc(F)c(F)c1. The topological polar surface area (TPSA) is 12.0 Å². The molecule has 0 aromatic heterocycles. The number of nitrogens with one attached hydrogen (secondary N) is 1. The maximum absolute atomic E-state index is 13.4. The van der Waals surface area contributed by atoms with Gasteiger partial charge in [-0.05, 0) is 48.4 Å². The molecule has 0 saturated heterocycles. The molecule has 112 valence electrons. The van der Waals surface area contributed by atoms with Crippen molar-refractivity contribution < 1.29 is 17.6 Å². The lowest BCUT2D eigenvalue weighted by Gasteiger charge is -2.20. The van der Waals surface area contributed by atoms with Crippen LogP contribution in [0.25, 0.3) is 0 Å². The zero-order valence-electron chi connectivity index (χ0n) is 11.5. The van der Waals surface area contributed by atoms with E-state index in [4.69, 9.17) is 0 Å². The zero-order valence-corrected chi connectivity index (χ0v) is 11.5. The summed E-state index contributed by atoms with van der Waals surface area (Å²) in [7, 11) is 0. The molecule has 0 aliphatic heterocycles. The first-order valence-corrected chi connectivity index (χ1v) is 6.65. The largest absolute Gasteiger partial charge is 0.306 e. The Kier molecular flexibility index (Phi) is 4.96. The standard InChI is InChI=1S/C16H15F4N/c1-2-5-21-16(10-3-4-14(19)15(20)8-10)11-6-12(17)9-13(18)7-11/h3-4,6-9,16,21H,2,5H2,1H3. The van der Waals surface area contributed by atoms with Crippen molar-refractivity contribution in [3.63, 3.8) is 0 Å².